The standard InChI is InChI=1S/C14H15NO5.C4H10.CH4O2/c1-15(14(17)10-6-18-7-10)5-11(16)9-2-3-12-13(4-9)20-8-19-12;1-3-4-2;2-1-3/h2-4,10H,5-8H2,1H3;3-4H2,1-2H3;2-3H,1H2. The lowest BCUT2D eigenvalue weighted by molar-refractivity contribution is -0.148. The maximum atomic E-state index is 12.2. The summed E-state index contributed by atoms with van der Waals surface area (Å²) in [6.07, 6.45) is 2.64. The molecule has 0 atom stereocenters. The number of ether oxygens (including phenoxy) is 3. The second kappa shape index (κ2) is 12.3. The Morgan fingerprint density at radius 3 is 2.22 bits per heavy atom. The van der Waals surface area contributed by atoms with Crippen LogP contribution in [0.4, 0.5) is 0 Å². The summed E-state index contributed by atoms with van der Waals surface area (Å²) in [5.74, 6) is 0.920. The van der Waals surface area contributed by atoms with Crippen LogP contribution in [0.15, 0.2) is 18.2 Å². The Hall–Kier alpha value is -2.16. The summed E-state index contributed by atoms with van der Waals surface area (Å²) < 4.78 is 15.4. The van der Waals surface area contributed by atoms with Crippen LogP contribution in [-0.2, 0) is 9.53 Å². The predicted octanol–water partition coefficient (Wildman–Crippen LogP) is 1.44. The average molecular weight is 383 g/mol. The number of likely N-dealkylation sites (N-methyl/N-ethyl adjacent to an activating group) is 1. The molecule has 0 spiro atoms. The molecule has 3 rings (SSSR count). The Kier molecular flexibility index (Phi) is 10.4. The van der Waals surface area contributed by atoms with Crippen LogP contribution in [0.5, 0.6) is 11.5 Å². The lowest BCUT2D eigenvalue weighted by atomic mass is 10.1. The Bertz CT molecular complexity index is 600. The first-order valence-electron chi connectivity index (χ1n) is 8.95. The fourth-order valence-corrected chi connectivity index (χ4v) is 2.14. The van der Waals surface area contributed by atoms with Crippen molar-refractivity contribution in [2.45, 2.75) is 26.7 Å². The first kappa shape index (κ1) is 22.9. The quantitative estimate of drug-likeness (QED) is 0.585. The molecule has 1 aromatic rings. The number of unbranched alkanes of at least 4 members (excludes halogenated alkanes) is 1. The van der Waals surface area contributed by atoms with E-state index >= 15 is 0 Å². The van der Waals surface area contributed by atoms with Crippen LogP contribution in [0.2, 0.25) is 0 Å². The molecular formula is C19H29NO7. The smallest absolute Gasteiger partial charge is 0.231 e. The molecule has 152 valence electrons. The lowest BCUT2D eigenvalue weighted by Gasteiger charge is -2.29. The minimum atomic E-state index is -0.750. The van der Waals surface area contributed by atoms with E-state index in [9.17, 15) is 9.59 Å². The van der Waals surface area contributed by atoms with Crippen LogP contribution in [0.3, 0.4) is 0 Å². The second-order valence-corrected chi connectivity index (χ2v) is 6.06. The van der Waals surface area contributed by atoms with Crippen molar-refractivity contribution >= 4 is 11.7 Å². The molecule has 0 bridgehead atoms. The van der Waals surface area contributed by atoms with Gasteiger partial charge < -0.3 is 29.3 Å². The number of Topliss-reactive ketones (excluding diaryl/α,β-unsaturated/α-hetero) is 1. The van der Waals surface area contributed by atoms with Gasteiger partial charge in [0.05, 0.1) is 25.7 Å². The highest BCUT2D eigenvalue weighted by Gasteiger charge is 2.30. The topological polar surface area (TPSA) is 106 Å². The molecule has 2 N–H and O–H groups in total. The molecular weight excluding hydrogens is 354 g/mol. The minimum Gasteiger partial charge on any atom is -0.454 e. The fourth-order valence-electron chi connectivity index (χ4n) is 2.14. The van der Waals surface area contributed by atoms with Crippen LogP contribution >= 0.6 is 0 Å². The van der Waals surface area contributed by atoms with E-state index in [1.165, 1.54) is 17.7 Å². The van der Waals surface area contributed by atoms with Crippen LogP contribution < -0.4 is 9.47 Å². The number of hydrogen-bond donors (Lipinski definition) is 2. The number of ketones is 1. The summed E-state index contributed by atoms with van der Waals surface area (Å²) in [4.78, 5) is 25.5. The van der Waals surface area contributed by atoms with Crippen LogP contribution in [-0.4, -0.2) is 67.2 Å². The lowest BCUT2D eigenvalue weighted by Crippen LogP contribution is -2.44. The Morgan fingerprint density at radius 2 is 1.70 bits per heavy atom. The molecule has 2 aliphatic rings. The number of carbonyl (C=O) groups excluding carboxylic acids is 2. The third kappa shape index (κ3) is 7.16. The van der Waals surface area contributed by atoms with Crippen LogP contribution in [0.1, 0.15) is 37.0 Å². The highest BCUT2D eigenvalue weighted by Crippen LogP contribution is 2.32. The number of rotatable bonds is 5. The molecule has 8 heteroatoms. The molecule has 1 amide bonds. The third-order valence-corrected chi connectivity index (χ3v) is 3.94. The SMILES string of the molecule is CCCC.CN(CC(=O)c1ccc2c(c1)OCO2)C(=O)C1COC1.OCO. The molecule has 2 aliphatic heterocycles. The molecule has 1 aromatic carbocycles. The van der Waals surface area contributed by atoms with E-state index in [-0.39, 0.29) is 30.9 Å². The van der Waals surface area contributed by atoms with Crippen molar-refractivity contribution in [3.63, 3.8) is 0 Å². The van der Waals surface area contributed by atoms with Gasteiger partial charge in [0, 0.05) is 12.6 Å². The van der Waals surface area contributed by atoms with Crippen molar-refractivity contribution < 1.29 is 34.0 Å². The van der Waals surface area contributed by atoms with Gasteiger partial charge in [0.1, 0.15) is 6.79 Å². The first-order valence-corrected chi connectivity index (χ1v) is 8.95. The van der Waals surface area contributed by atoms with Gasteiger partial charge in [0.25, 0.3) is 0 Å². The summed E-state index contributed by atoms with van der Waals surface area (Å²) >= 11 is 0. The maximum Gasteiger partial charge on any atom is 0.231 e. The average Bonchev–Trinajstić information content (AvgIpc) is 3.08. The molecule has 1 fully saturated rings. The number of aliphatic hydroxyl groups excluding tert-OH is 1. The number of aliphatic hydroxyl groups is 2. The molecule has 8 nitrogen and oxygen atoms in total. The van der Waals surface area contributed by atoms with E-state index in [2.05, 4.69) is 13.8 Å². The summed E-state index contributed by atoms with van der Waals surface area (Å²) in [5.41, 5.74) is 0.513. The number of benzene rings is 1. The van der Waals surface area contributed by atoms with Crippen LogP contribution in [0, 0.1) is 5.92 Å². The number of nitrogens with zero attached hydrogens (tertiary/aromatic N) is 1. The van der Waals surface area contributed by atoms with Crippen molar-refractivity contribution in [1.29, 1.82) is 0 Å². The van der Waals surface area contributed by atoms with Gasteiger partial charge in [-0.05, 0) is 18.2 Å². The zero-order valence-corrected chi connectivity index (χ0v) is 16.1. The van der Waals surface area contributed by atoms with E-state index in [1.54, 1.807) is 25.2 Å². The van der Waals surface area contributed by atoms with Gasteiger partial charge in [0.15, 0.2) is 17.3 Å². The molecule has 0 unspecified atom stereocenters. The van der Waals surface area contributed by atoms with Crippen molar-refractivity contribution in [1.82, 2.24) is 4.90 Å². The molecule has 27 heavy (non-hydrogen) atoms. The van der Waals surface area contributed by atoms with E-state index in [0.29, 0.717) is 30.3 Å². The van der Waals surface area contributed by atoms with Gasteiger partial charge in [-0.15, -0.1) is 0 Å². The molecule has 0 saturated carbocycles. The summed E-state index contributed by atoms with van der Waals surface area (Å²) in [5, 5.41) is 14.2. The van der Waals surface area contributed by atoms with E-state index in [4.69, 9.17) is 24.4 Å². The highest BCUT2D eigenvalue weighted by atomic mass is 16.7. The van der Waals surface area contributed by atoms with Crippen molar-refractivity contribution in [3.05, 3.63) is 23.8 Å². The minimum absolute atomic E-state index is 0.0506. The van der Waals surface area contributed by atoms with Gasteiger partial charge in [0.2, 0.25) is 12.7 Å². The van der Waals surface area contributed by atoms with Crippen molar-refractivity contribution in [2.24, 2.45) is 5.92 Å². The third-order valence-electron chi connectivity index (χ3n) is 3.94. The second-order valence-electron chi connectivity index (χ2n) is 6.06. The summed E-state index contributed by atoms with van der Waals surface area (Å²) in [6, 6.07) is 5.03. The maximum absolute atomic E-state index is 12.2. The molecule has 0 radical (unpaired) electrons. The molecule has 0 aliphatic carbocycles. The predicted molar refractivity (Wildman–Crippen MR) is 98.7 cm³/mol. The molecule has 1 saturated heterocycles. The highest BCUT2D eigenvalue weighted by molar-refractivity contribution is 6.00. The first-order chi connectivity index (χ1) is 13.0. The number of carbonyl (C=O) groups is 2. The Labute approximate surface area is 159 Å². The van der Waals surface area contributed by atoms with Gasteiger partial charge in [-0.3, -0.25) is 9.59 Å². The van der Waals surface area contributed by atoms with Crippen LogP contribution in [0.25, 0.3) is 0 Å². The Balaban J connectivity index is 0.000000453. The van der Waals surface area contributed by atoms with E-state index in [1.807, 2.05) is 0 Å². The fraction of sp³-hybridized carbons (Fsp3) is 0.579. The number of amides is 1. The van der Waals surface area contributed by atoms with Gasteiger partial charge >= 0.3 is 0 Å². The van der Waals surface area contributed by atoms with Gasteiger partial charge in [-0.1, -0.05) is 26.7 Å². The zero-order valence-electron chi connectivity index (χ0n) is 16.1. The van der Waals surface area contributed by atoms with Crippen molar-refractivity contribution in [3.8, 4) is 11.5 Å². The summed E-state index contributed by atoms with van der Waals surface area (Å²) in [7, 11) is 1.63. The summed E-state index contributed by atoms with van der Waals surface area (Å²) in [6.45, 7) is 4.73. The largest absolute Gasteiger partial charge is 0.454 e. The number of hydrogen-bond acceptors (Lipinski definition) is 7. The van der Waals surface area contributed by atoms with E-state index < -0.39 is 6.79 Å². The van der Waals surface area contributed by atoms with Crippen molar-refractivity contribution in [2.75, 3.05) is 40.4 Å². The normalized spacial score (nSPS) is 14.1. The van der Waals surface area contributed by atoms with E-state index in [0.717, 1.165) is 0 Å². The Morgan fingerprint density at radius 1 is 1.11 bits per heavy atom. The molecule has 2 heterocycles. The zero-order chi connectivity index (χ0) is 20.2. The van der Waals surface area contributed by atoms with Gasteiger partial charge in [-0.2, -0.15) is 0 Å². The molecule has 0 aromatic heterocycles. The number of fused-ring (bicyclic) bond motifs is 1. The van der Waals surface area contributed by atoms with Gasteiger partial charge in [-0.25, -0.2) is 0 Å². The monoisotopic (exact) mass is 383 g/mol.